The molecule has 1 aliphatic heterocycles. The Morgan fingerprint density at radius 1 is 1.50 bits per heavy atom. The first-order valence-corrected chi connectivity index (χ1v) is 6.88. The second kappa shape index (κ2) is 4.65. The smallest absolute Gasteiger partial charge is 0.123 e. The first kappa shape index (κ1) is 11.6. The summed E-state index contributed by atoms with van der Waals surface area (Å²) in [6.07, 6.45) is 4.72. The van der Waals surface area contributed by atoms with Gasteiger partial charge in [-0.1, -0.05) is 0 Å². The van der Waals surface area contributed by atoms with Gasteiger partial charge >= 0.3 is 0 Å². The van der Waals surface area contributed by atoms with Gasteiger partial charge in [0.1, 0.15) is 5.82 Å². The molecule has 0 fully saturated rings. The zero-order valence-electron chi connectivity index (χ0n) is 10.1. The third-order valence-corrected chi connectivity index (χ3v) is 4.18. The molecule has 0 saturated heterocycles. The quantitative estimate of drug-likeness (QED) is 0.902. The number of hydrogen-bond donors (Lipinski definition) is 1. The molecule has 0 spiro atoms. The lowest BCUT2D eigenvalue weighted by Crippen LogP contribution is -2.16. The van der Waals surface area contributed by atoms with E-state index in [1.54, 1.807) is 28.7 Å². The zero-order chi connectivity index (χ0) is 12.5. The first-order chi connectivity index (χ1) is 8.72. The van der Waals surface area contributed by atoms with Crippen molar-refractivity contribution in [1.29, 1.82) is 0 Å². The summed E-state index contributed by atoms with van der Waals surface area (Å²) in [6.45, 7) is 0. The van der Waals surface area contributed by atoms with Gasteiger partial charge in [-0.25, -0.2) is 4.39 Å². The zero-order valence-corrected chi connectivity index (χ0v) is 10.9. The average Bonchev–Trinajstić information content (AvgIpc) is 2.76. The highest BCUT2D eigenvalue weighted by Crippen LogP contribution is 2.38. The second-order valence-corrected chi connectivity index (χ2v) is 5.56. The SMILES string of the molecule is Cn1cc(N[C@H]2CCSc3ccc(F)cc32)cn1. The lowest BCUT2D eigenvalue weighted by atomic mass is 10.0. The third kappa shape index (κ3) is 2.22. The summed E-state index contributed by atoms with van der Waals surface area (Å²) >= 11 is 1.79. The Morgan fingerprint density at radius 2 is 2.39 bits per heavy atom. The van der Waals surface area contributed by atoms with Gasteiger partial charge in [0, 0.05) is 23.9 Å². The molecule has 0 amide bonds. The van der Waals surface area contributed by atoms with E-state index >= 15 is 0 Å². The van der Waals surface area contributed by atoms with Gasteiger partial charge in [-0.05, 0) is 30.2 Å². The molecule has 94 valence electrons. The van der Waals surface area contributed by atoms with E-state index in [1.165, 1.54) is 11.0 Å². The van der Waals surface area contributed by atoms with Crippen LogP contribution in [0.1, 0.15) is 18.0 Å². The number of halogens is 1. The molecule has 3 nitrogen and oxygen atoms in total. The van der Waals surface area contributed by atoms with Crippen LogP contribution in [-0.2, 0) is 7.05 Å². The second-order valence-electron chi connectivity index (χ2n) is 4.42. The summed E-state index contributed by atoms with van der Waals surface area (Å²) in [5.41, 5.74) is 2.03. The maximum atomic E-state index is 13.4. The number of thioether (sulfide) groups is 1. The van der Waals surface area contributed by atoms with Crippen molar-refractivity contribution in [1.82, 2.24) is 9.78 Å². The van der Waals surface area contributed by atoms with Gasteiger partial charge in [0.05, 0.1) is 17.9 Å². The van der Waals surface area contributed by atoms with Crippen LogP contribution >= 0.6 is 11.8 Å². The van der Waals surface area contributed by atoms with E-state index in [-0.39, 0.29) is 11.9 Å². The molecule has 5 heteroatoms. The number of aryl methyl sites for hydroxylation is 1. The first-order valence-electron chi connectivity index (χ1n) is 5.90. The number of hydrogen-bond acceptors (Lipinski definition) is 3. The van der Waals surface area contributed by atoms with Gasteiger partial charge in [-0.15, -0.1) is 11.8 Å². The summed E-state index contributed by atoms with van der Waals surface area (Å²) in [7, 11) is 1.88. The standard InChI is InChI=1S/C13H14FN3S/c1-17-8-10(7-15-17)16-12-4-5-18-13-3-2-9(14)6-11(12)13/h2-3,6-8,12,16H,4-5H2,1H3/t12-/m0/s1. The molecule has 1 aromatic heterocycles. The fraction of sp³-hybridized carbons (Fsp3) is 0.308. The van der Waals surface area contributed by atoms with Gasteiger partial charge in [-0.2, -0.15) is 5.10 Å². The van der Waals surface area contributed by atoms with E-state index in [9.17, 15) is 4.39 Å². The van der Waals surface area contributed by atoms with Crippen molar-refractivity contribution in [3.05, 3.63) is 42.0 Å². The van der Waals surface area contributed by atoms with Crippen molar-refractivity contribution in [3.8, 4) is 0 Å². The largest absolute Gasteiger partial charge is 0.376 e. The summed E-state index contributed by atoms with van der Waals surface area (Å²) in [4.78, 5) is 1.17. The molecule has 0 aliphatic carbocycles. The van der Waals surface area contributed by atoms with Crippen LogP contribution in [0.2, 0.25) is 0 Å². The number of aromatic nitrogens is 2. The monoisotopic (exact) mass is 263 g/mol. The van der Waals surface area contributed by atoms with E-state index in [0.717, 1.165) is 23.4 Å². The predicted molar refractivity (Wildman–Crippen MR) is 71.3 cm³/mol. The number of rotatable bonds is 2. The Labute approximate surface area is 109 Å². The number of fused-ring (bicyclic) bond motifs is 1. The highest BCUT2D eigenvalue weighted by Gasteiger charge is 2.21. The van der Waals surface area contributed by atoms with E-state index in [2.05, 4.69) is 10.4 Å². The van der Waals surface area contributed by atoms with Gasteiger partial charge < -0.3 is 5.32 Å². The van der Waals surface area contributed by atoms with Crippen LogP contribution in [-0.4, -0.2) is 15.5 Å². The van der Waals surface area contributed by atoms with E-state index in [4.69, 9.17) is 0 Å². The summed E-state index contributed by atoms with van der Waals surface area (Å²) in [5.74, 6) is 0.880. The van der Waals surface area contributed by atoms with Crippen molar-refractivity contribution in [2.45, 2.75) is 17.4 Å². The summed E-state index contributed by atoms with van der Waals surface area (Å²) in [6, 6.07) is 5.20. The van der Waals surface area contributed by atoms with Crippen molar-refractivity contribution in [3.63, 3.8) is 0 Å². The maximum Gasteiger partial charge on any atom is 0.123 e. The summed E-state index contributed by atoms with van der Waals surface area (Å²) in [5, 5.41) is 7.55. The maximum absolute atomic E-state index is 13.4. The normalized spacial score (nSPS) is 18.4. The van der Waals surface area contributed by atoms with Crippen molar-refractivity contribution >= 4 is 17.4 Å². The molecule has 2 aromatic rings. The Balaban J connectivity index is 1.88. The molecule has 0 saturated carbocycles. The van der Waals surface area contributed by atoms with Crippen LogP contribution in [0.5, 0.6) is 0 Å². The van der Waals surface area contributed by atoms with Gasteiger partial charge in [0.25, 0.3) is 0 Å². The molecule has 1 atom stereocenters. The Bertz CT molecular complexity index is 567. The number of benzene rings is 1. The topological polar surface area (TPSA) is 29.9 Å². The van der Waals surface area contributed by atoms with Crippen molar-refractivity contribution < 1.29 is 4.39 Å². The Kier molecular flexibility index (Phi) is 2.99. The Hall–Kier alpha value is -1.49. The number of nitrogens with one attached hydrogen (secondary N) is 1. The van der Waals surface area contributed by atoms with Gasteiger partial charge in [-0.3, -0.25) is 4.68 Å². The lowest BCUT2D eigenvalue weighted by Gasteiger charge is -2.26. The third-order valence-electron chi connectivity index (χ3n) is 3.06. The van der Waals surface area contributed by atoms with Crippen LogP contribution in [0, 0.1) is 5.82 Å². The molecule has 3 rings (SSSR count). The fourth-order valence-corrected chi connectivity index (χ4v) is 3.32. The van der Waals surface area contributed by atoms with Crippen LogP contribution in [0.4, 0.5) is 10.1 Å². The van der Waals surface area contributed by atoms with E-state index in [0.29, 0.717) is 0 Å². The number of anilines is 1. The molecule has 0 radical (unpaired) electrons. The summed E-state index contributed by atoms with van der Waals surface area (Å²) < 4.78 is 15.1. The molecular formula is C13H14FN3S. The fourth-order valence-electron chi connectivity index (χ4n) is 2.21. The van der Waals surface area contributed by atoms with Crippen LogP contribution < -0.4 is 5.32 Å². The minimum atomic E-state index is -0.172. The van der Waals surface area contributed by atoms with Crippen molar-refractivity contribution in [2.75, 3.05) is 11.1 Å². The van der Waals surface area contributed by atoms with E-state index < -0.39 is 0 Å². The molecule has 1 N–H and O–H groups in total. The average molecular weight is 263 g/mol. The highest BCUT2D eigenvalue weighted by atomic mass is 32.2. The Morgan fingerprint density at radius 3 is 3.17 bits per heavy atom. The van der Waals surface area contributed by atoms with Crippen LogP contribution in [0.25, 0.3) is 0 Å². The molecule has 1 aliphatic rings. The van der Waals surface area contributed by atoms with Crippen molar-refractivity contribution in [2.24, 2.45) is 7.05 Å². The molecule has 18 heavy (non-hydrogen) atoms. The highest BCUT2D eigenvalue weighted by molar-refractivity contribution is 7.99. The molecule has 2 heterocycles. The molecular weight excluding hydrogens is 249 g/mol. The predicted octanol–water partition coefficient (Wildman–Crippen LogP) is 3.21. The molecule has 1 aromatic carbocycles. The molecule has 0 unspecified atom stereocenters. The molecule has 0 bridgehead atoms. The minimum absolute atomic E-state index is 0.168. The van der Waals surface area contributed by atoms with Gasteiger partial charge in [0.2, 0.25) is 0 Å². The van der Waals surface area contributed by atoms with Crippen LogP contribution in [0.15, 0.2) is 35.5 Å². The van der Waals surface area contributed by atoms with Crippen LogP contribution in [0.3, 0.4) is 0 Å². The van der Waals surface area contributed by atoms with E-state index in [1.807, 2.05) is 19.3 Å². The van der Waals surface area contributed by atoms with Gasteiger partial charge in [0.15, 0.2) is 0 Å². The minimum Gasteiger partial charge on any atom is -0.376 e. The number of nitrogens with zero attached hydrogens (tertiary/aromatic N) is 2. The lowest BCUT2D eigenvalue weighted by molar-refractivity contribution is 0.616.